The number of hydrogen-bond donors (Lipinski definition) is 2. The summed E-state index contributed by atoms with van der Waals surface area (Å²) in [5, 5.41) is 6.53. The predicted octanol–water partition coefficient (Wildman–Crippen LogP) is 2.30. The molecule has 0 fully saturated rings. The van der Waals surface area contributed by atoms with E-state index in [-0.39, 0.29) is 0 Å². The molecule has 0 saturated carbocycles. The molecule has 0 aliphatic rings. The number of ether oxygens (including phenoxy) is 1. The molecule has 0 unspecified atom stereocenters. The zero-order chi connectivity index (χ0) is 18.8. The molecule has 0 amide bonds. The summed E-state index contributed by atoms with van der Waals surface area (Å²) < 4.78 is 7.55. The maximum absolute atomic E-state index is 5.60. The lowest BCUT2D eigenvalue weighted by Crippen LogP contribution is -2.38. The Balaban J connectivity index is 1.72. The molecule has 0 bridgehead atoms. The number of nitrogens with one attached hydrogen (secondary N) is 2. The molecule has 2 N–H and O–H groups in total. The Morgan fingerprint density at radius 2 is 2.08 bits per heavy atom. The third-order valence-corrected chi connectivity index (χ3v) is 3.94. The number of aryl methyl sites for hydroxylation is 1. The molecule has 7 heteroatoms. The van der Waals surface area contributed by atoms with Crippen molar-refractivity contribution in [1.82, 2.24) is 25.2 Å². The number of aliphatic imine (C=N–C) groups is 1. The minimum Gasteiger partial charge on any atom is -0.380 e. The first-order valence-corrected chi connectivity index (χ1v) is 9.07. The van der Waals surface area contributed by atoms with E-state index in [2.05, 4.69) is 45.5 Å². The number of guanidine groups is 1. The Hall–Kier alpha value is -2.41. The summed E-state index contributed by atoms with van der Waals surface area (Å²) in [6.45, 7) is 9.22. The van der Waals surface area contributed by atoms with Gasteiger partial charge in [0, 0.05) is 45.3 Å². The fraction of sp³-hybridized carbons (Fsp3) is 0.526. The minimum absolute atomic E-state index is 0.657. The number of rotatable bonds is 9. The fourth-order valence-corrected chi connectivity index (χ4v) is 2.35. The Morgan fingerprint density at radius 3 is 2.69 bits per heavy atom. The van der Waals surface area contributed by atoms with Crippen LogP contribution in [0.4, 0.5) is 0 Å². The first-order chi connectivity index (χ1) is 12.6. The number of nitrogens with zero attached hydrogens (tertiary/aromatic N) is 4. The van der Waals surface area contributed by atoms with Crippen LogP contribution < -0.4 is 10.6 Å². The van der Waals surface area contributed by atoms with E-state index < -0.39 is 0 Å². The van der Waals surface area contributed by atoms with Crippen molar-refractivity contribution < 1.29 is 4.74 Å². The highest BCUT2D eigenvalue weighted by molar-refractivity contribution is 5.79. The number of pyridine rings is 1. The molecule has 7 nitrogen and oxygen atoms in total. The normalized spacial score (nSPS) is 11.8. The van der Waals surface area contributed by atoms with E-state index in [1.54, 1.807) is 13.2 Å². The van der Waals surface area contributed by atoms with Crippen molar-refractivity contribution in [3.63, 3.8) is 0 Å². The van der Waals surface area contributed by atoms with E-state index in [0.717, 1.165) is 42.7 Å². The van der Waals surface area contributed by atoms with Crippen LogP contribution in [-0.4, -0.2) is 47.3 Å². The van der Waals surface area contributed by atoms with Crippen LogP contribution in [0, 0.1) is 12.8 Å². The maximum Gasteiger partial charge on any atom is 0.191 e. The van der Waals surface area contributed by atoms with Crippen molar-refractivity contribution in [1.29, 1.82) is 0 Å². The van der Waals surface area contributed by atoms with Gasteiger partial charge < -0.3 is 15.4 Å². The second kappa shape index (κ2) is 10.6. The number of aromatic nitrogens is 3. The second-order valence-electron chi connectivity index (χ2n) is 6.52. The summed E-state index contributed by atoms with van der Waals surface area (Å²) in [7, 11) is 1.76. The van der Waals surface area contributed by atoms with Gasteiger partial charge in [0.1, 0.15) is 11.6 Å². The van der Waals surface area contributed by atoms with E-state index in [0.29, 0.717) is 19.1 Å². The van der Waals surface area contributed by atoms with E-state index in [4.69, 9.17) is 4.74 Å². The summed E-state index contributed by atoms with van der Waals surface area (Å²) in [5.74, 6) is 3.22. The summed E-state index contributed by atoms with van der Waals surface area (Å²) in [5.41, 5.74) is 1.09. The first kappa shape index (κ1) is 19.9. The monoisotopic (exact) mass is 358 g/mol. The SMILES string of the molecule is CN=C(NCCOCCC(C)C)NCc1ccc(-n2ccnc2C)nc1. The fourth-order valence-electron chi connectivity index (χ4n) is 2.35. The van der Waals surface area contributed by atoms with Crippen LogP contribution in [0.2, 0.25) is 0 Å². The molecule has 26 heavy (non-hydrogen) atoms. The Bertz CT molecular complexity index is 678. The van der Waals surface area contributed by atoms with Crippen molar-refractivity contribution in [2.75, 3.05) is 26.8 Å². The summed E-state index contributed by atoms with van der Waals surface area (Å²) in [4.78, 5) is 12.9. The van der Waals surface area contributed by atoms with Crippen LogP contribution in [0.25, 0.3) is 5.82 Å². The van der Waals surface area contributed by atoms with Crippen molar-refractivity contribution in [2.24, 2.45) is 10.9 Å². The second-order valence-corrected chi connectivity index (χ2v) is 6.52. The predicted molar refractivity (Wildman–Crippen MR) is 105 cm³/mol. The highest BCUT2D eigenvalue weighted by Gasteiger charge is 2.03. The Labute approximate surface area is 155 Å². The zero-order valence-corrected chi connectivity index (χ0v) is 16.2. The molecule has 142 valence electrons. The standard InChI is InChI=1S/C19H30N6O/c1-15(2)7-11-26-12-9-22-19(20-4)24-14-17-5-6-18(23-13-17)25-10-8-21-16(25)3/h5-6,8,10,13,15H,7,9,11-12,14H2,1-4H3,(H2,20,22,24). The largest absolute Gasteiger partial charge is 0.380 e. The molecule has 0 radical (unpaired) electrons. The topological polar surface area (TPSA) is 76.4 Å². The molecule has 0 spiro atoms. The third kappa shape index (κ3) is 6.48. The van der Waals surface area contributed by atoms with Crippen molar-refractivity contribution in [3.8, 4) is 5.82 Å². The molecule has 0 saturated heterocycles. The highest BCUT2D eigenvalue weighted by Crippen LogP contribution is 2.08. The van der Waals surface area contributed by atoms with Gasteiger partial charge in [-0.15, -0.1) is 0 Å². The molecule has 0 aromatic carbocycles. The van der Waals surface area contributed by atoms with Crippen LogP contribution >= 0.6 is 0 Å². The molecule has 0 aliphatic carbocycles. The summed E-state index contributed by atoms with van der Waals surface area (Å²) in [6.07, 6.45) is 6.64. The first-order valence-electron chi connectivity index (χ1n) is 9.07. The Morgan fingerprint density at radius 1 is 1.23 bits per heavy atom. The van der Waals surface area contributed by atoms with E-state index >= 15 is 0 Å². The summed E-state index contributed by atoms with van der Waals surface area (Å²) in [6, 6.07) is 4.04. The highest BCUT2D eigenvalue weighted by atomic mass is 16.5. The van der Waals surface area contributed by atoms with Gasteiger partial charge in [0.25, 0.3) is 0 Å². The van der Waals surface area contributed by atoms with Gasteiger partial charge in [0.05, 0.1) is 6.61 Å². The average Bonchev–Trinajstić information content (AvgIpc) is 3.06. The number of hydrogen-bond acceptors (Lipinski definition) is 4. The van der Waals surface area contributed by atoms with Crippen molar-refractivity contribution >= 4 is 5.96 Å². The molecule has 2 aromatic rings. The number of imidazole rings is 1. The van der Waals surface area contributed by atoms with Gasteiger partial charge in [-0.2, -0.15) is 0 Å². The van der Waals surface area contributed by atoms with Crippen molar-refractivity contribution in [3.05, 3.63) is 42.1 Å². The smallest absolute Gasteiger partial charge is 0.191 e. The lowest BCUT2D eigenvalue weighted by Gasteiger charge is -2.13. The molecule has 0 aliphatic heterocycles. The molecule has 2 heterocycles. The van der Waals surface area contributed by atoms with Gasteiger partial charge in [-0.25, -0.2) is 9.97 Å². The molecule has 2 rings (SSSR count). The van der Waals surface area contributed by atoms with Crippen LogP contribution in [0.3, 0.4) is 0 Å². The van der Waals surface area contributed by atoms with Crippen LogP contribution in [0.15, 0.2) is 35.7 Å². The van der Waals surface area contributed by atoms with Gasteiger partial charge in [0.2, 0.25) is 0 Å². The van der Waals surface area contributed by atoms with E-state index in [9.17, 15) is 0 Å². The van der Waals surface area contributed by atoms with Gasteiger partial charge >= 0.3 is 0 Å². The molecule has 2 aromatic heterocycles. The van der Waals surface area contributed by atoms with Gasteiger partial charge in [-0.3, -0.25) is 9.56 Å². The van der Waals surface area contributed by atoms with Crippen LogP contribution in [-0.2, 0) is 11.3 Å². The van der Waals surface area contributed by atoms with E-state index in [1.165, 1.54) is 0 Å². The van der Waals surface area contributed by atoms with E-state index in [1.807, 2.05) is 30.0 Å². The average molecular weight is 358 g/mol. The lowest BCUT2D eigenvalue weighted by molar-refractivity contribution is 0.128. The quantitative estimate of drug-likeness (QED) is 0.409. The summed E-state index contributed by atoms with van der Waals surface area (Å²) >= 11 is 0. The Kier molecular flexibility index (Phi) is 8.08. The van der Waals surface area contributed by atoms with Gasteiger partial charge in [-0.05, 0) is 30.9 Å². The van der Waals surface area contributed by atoms with Gasteiger partial charge in [-0.1, -0.05) is 19.9 Å². The van der Waals surface area contributed by atoms with Crippen molar-refractivity contribution in [2.45, 2.75) is 33.7 Å². The lowest BCUT2D eigenvalue weighted by atomic mass is 10.1. The molecular formula is C19H30N6O. The maximum atomic E-state index is 5.60. The van der Waals surface area contributed by atoms with Crippen LogP contribution in [0.1, 0.15) is 31.7 Å². The molecular weight excluding hydrogens is 328 g/mol. The zero-order valence-electron chi connectivity index (χ0n) is 16.2. The molecule has 0 atom stereocenters. The van der Waals surface area contributed by atoms with Gasteiger partial charge in [0.15, 0.2) is 5.96 Å². The van der Waals surface area contributed by atoms with Crippen LogP contribution in [0.5, 0.6) is 0 Å². The third-order valence-electron chi connectivity index (χ3n) is 3.94. The minimum atomic E-state index is 0.657.